The summed E-state index contributed by atoms with van der Waals surface area (Å²) in [5.74, 6) is 0. The van der Waals surface area contributed by atoms with E-state index in [2.05, 4.69) is 0 Å². The molecule has 1 unspecified atom stereocenters. The Labute approximate surface area is 65.4 Å². The molecule has 1 aliphatic rings. The SMILES string of the molecule is C[C@@H]1O[C@H](CO)CC1(O)CO. The maximum absolute atomic E-state index is 9.58. The van der Waals surface area contributed by atoms with Gasteiger partial charge in [-0.05, 0) is 6.92 Å². The summed E-state index contributed by atoms with van der Waals surface area (Å²) in [5, 5.41) is 27.1. The summed E-state index contributed by atoms with van der Waals surface area (Å²) in [6.45, 7) is 1.27. The Morgan fingerprint density at radius 1 is 1.55 bits per heavy atom. The Morgan fingerprint density at radius 3 is 2.45 bits per heavy atom. The van der Waals surface area contributed by atoms with Crippen molar-refractivity contribution in [1.82, 2.24) is 0 Å². The van der Waals surface area contributed by atoms with Crippen LogP contribution < -0.4 is 0 Å². The van der Waals surface area contributed by atoms with Gasteiger partial charge < -0.3 is 20.1 Å². The van der Waals surface area contributed by atoms with Gasteiger partial charge in [-0.15, -0.1) is 0 Å². The van der Waals surface area contributed by atoms with Gasteiger partial charge in [-0.25, -0.2) is 0 Å². The van der Waals surface area contributed by atoms with Crippen molar-refractivity contribution in [3.8, 4) is 0 Å². The molecule has 0 aliphatic carbocycles. The number of rotatable bonds is 2. The number of hydrogen-bond donors (Lipinski definition) is 3. The van der Waals surface area contributed by atoms with Crippen LogP contribution in [0.1, 0.15) is 13.3 Å². The molecular formula is C7H14O4. The first-order chi connectivity index (χ1) is 5.12. The number of hydrogen-bond acceptors (Lipinski definition) is 4. The first kappa shape index (κ1) is 8.93. The third kappa shape index (κ3) is 1.54. The van der Waals surface area contributed by atoms with E-state index in [1.54, 1.807) is 6.92 Å². The minimum absolute atomic E-state index is 0.105. The van der Waals surface area contributed by atoms with Crippen LogP contribution >= 0.6 is 0 Å². The molecule has 0 amide bonds. The van der Waals surface area contributed by atoms with Gasteiger partial charge in [0.25, 0.3) is 0 Å². The molecule has 3 N–H and O–H groups in total. The summed E-state index contributed by atoms with van der Waals surface area (Å²) in [4.78, 5) is 0. The number of aliphatic hydroxyl groups excluding tert-OH is 2. The highest BCUT2D eigenvalue weighted by atomic mass is 16.5. The van der Waals surface area contributed by atoms with E-state index in [1.165, 1.54) is 0 Å². The lowest BCUT2D eigenvalue weighted by Crippen LogP contribution is -2.39. The average Bonchev–Trinajstić information content (AvgIpc) is 2.29. The monoisotopic (exact) mass is 162 g/mol. The molecule has 1 saturated heterocycles. The molecule has 0 bridgehead atoms. The Morgan fingerprint density at radius 2 is 2.18 bits per heavy atom. The standard InChI is InChI=1S/C7H14O4/c1-5-7(10,4-9)2-6(3-8)11-5/h5-6,8-10H,2-4H2,1H3/t5-,6-,7?/m0/s1. The van der Waals surface area contributed by atoms with Crippen LogP contribution in [0.5, 0.6) is 0 Å². The zero-order chi connectivity index (χ0) is 8.48. The molecule has 1 heterocycles. The van der Waals surface area contributed by atoms with Gasteiger partial charge in [-0.3, -0.25) is 0 Å². The van der Waals surface area contributed by atoms with Gasteiger partial charge in [0, 0.05) is 6.42 Å². The van der Waals surface area contributed by atoms with Crippen LogP contribution in [0, 0.1) is 0 Å². The molecule has 4 nitrogen and oxygen atoms in total. The molecule has 1 fully saturated rings. The van der Waals surface area contributed by atoms with Gasteiger partial charge in [0.1, 0.15) is 5.60 Å². The summed E-state index contributed by atoms with van der Waals surface area (Å²) in [6.07, 6.45) is -0.423. The van der Waals surface area contributed by atoms with Gasteiger partial charge in [0.2, 0.25) is 0 Å². The van der Waals surface area contributed by atoms with Crippen molar-refractivity contribution >= 4 is 0 Å². The van der Waals surface area contributed by atoms with Gasteiger partial charge in [-0.1, -0.05) is 0 Å². The maximum Gasteiger partial charge on any atom is 0.116 e. The molecule has 1 aliphatic heterocycles. The Balaban J connectivity index is 2.57. The highest BCUT2D eigenvalue weighted by Gasteiger charge is 2.43. The second kappa shape index (κ2) is 3.06. The normalized spacial score (nSPS) is 44.7. The van der Waals surface area contributed by atoms with Crippen molar-refractivity contribution in [2.24, 2.45) is 0 Å². The zero-order valence-electron chi connectivity index (χ0n) is 6.53. The summed E-state index contributed by atoms with van der Waals surface area (Å²) >= 11 is 0. The van der Waals surface area contributed by atoms with Crippen LogP contribution in [-0.2, 0) is 4.74 Å². The fourth-order valence-electron chi connectivity index (χ4n) is 1.32. The van der Waals surface area contributed by atoms with Crippen molar-refractivity contribution in [3.63, 3.8) is 0 Å². The molecule has 0 saturated carbocycles. The van der Waals surface area contributed by atoms with E-state index in [9.17, 15) is 5.11 Å². The van der Waals surface area contributed by atoms with Gasteiger partial charge in [0.15, 0.2) is 0 Å². The Hall–Kier alpha value is -0.160. The minimum atomic E-state index is -1.16. The van der Waals surface area contributed by atoms with Crippen LogP contribution in [0.15, 0.2) is 0 Å². The van der Waals surface area contributed by atoms with E-state index in [0.717, 1.165) is 0 Å². The predicted molar refractivity (Wildman–Crippen MR) is 38.1 cm³/mol. The second-order valence-corrected chi connectivity index (χ2v) is 3.05. The summed E-state index contributed by atoms with van der Waals surface area (Å²) in [7, 11) is 0. The quantitative estimate of drug-likeness (QED) is 0.481. The Bertz CT molecular complexity index is 138. The summed E-state index contributed by atoms with van der Waals surface area (Å²) in [6, 6.07) is 0. The number of ether oxygens (including phenoxy) is 1. The third-order valence-corrected chi connectivity index (χ3v) is 2.21. The van der Waals surface area contributed by atoms with E-state index in [0.29, 0.717) is 6.42 Å². The van der Waals surface area contributed by atoms with Gasteiger partial charge >= 0.3 is 0 Å². The fourth-order valence-corrected chi connectivity index (χ4v) is 1.32. The smallest absolute Gasteiger partial charge is 0.116 e. The van der Waals surface area contributed by atoms with Crippen molar-refractivity contribution in [2.75, 3.05) is 13.2 Å². The second-order valence-electron chi connectivity index (χ2n) is 3.05. The molecule has 11 heavy (non-hydrogen) atoms. The van der Waals surface area contributed by atoms with Crippen molar-refractivity contribution < 1.29 is 20.1 Å². The molecule has 0 aromatic carbocycles. The van der Waals surface area contributed by atoms with Crippen LogP contribution in [0.25, 0.3) is 0 Å². The van der Waals surface area contributed by atoms with Crippen LogP contribution in [-0.4, -0.2) is 46.3 Å². The highest BCUT2D eigenvalue weighted by molar-refractivity contribution is 4.93. The molecule has 0 aromatic heterocycles. The van der Waals surface area contributed by atoms with Gasteiger partial charge in [0.05, 0.1) is 25.4 Å². The number of aliphatic hydroxyl groups is 3. The Kier molecular flexibility index (Phi) is 2.49. The minimum Gasteiger partial charge on any atom is -0.394 e. The van der Waals surface area contributed by atoms with Crippen molar-refractivity contribution in [3.05, 3.63) is 0 Å². The molecule has 1 rings (SSSR count). The van der Waals surface area contributed by atoms with Gasteiger partial charge in [-0.2, -0.15) is 0 Å². The molecule has 4 heteroatoms. The topological polar surface area (TPSA) is 69.9 Å². The van der Waals surface area contributed by atoms with E-state index in [4.69, 9.17) is 14.9 Å². The fraction of sp³-hybridized carbons (Fsp3) is 1.00. The predicted octanol–water partition coefficient (Wildman–Crippen LogP) is -1.12. The van der Waals surface area contributed by atoms with Crippen LogP contribution in [0.4, 0.5) is 0 Å². The molecule has 3 atom stereocenters. The first-order valence-corrected chi connectivity index (χ1v) is 3.72. The molecule has 66 valence electrons. The van der Waals surface area contributed by atoms with E-state index >= 15 is 0 Å². The first-order valence-electron chi connectivity index (χ1n) is 3.72. The molecular weight excluding hydrogens is 148 g/mol. The van der Waals surface area contributed by atoms with E-state index in [1.807, 2.05) is 0 Å². The molecule has 0 spiro atoms. The van der Waals surface area contributed by atoms with Crippen LogP contribution in [0.2, 0.25) is 0 Å². The average molecular weight is 162 g/mol. The molecule has 0 radical (unpaired) electrons. The largest absolute Gasteiger partial charge is 0.394 e. The summed E-state index contributed by atoms with van der Waals surface area (Å²) < 4.78 is 5.16. The lowest BCUT2D eigenvalue weighted by molar-refractivity contribution is -0.0695. The lowest BCUT2D eigenvalue weighted by atomic mass is 9.96. The summed E-state index contributed by atoms with van der Waals surface area (Å²) in [5.41, 5.74) is -1.16. The zero-order valence-corrected chi connectivity index (χ0v) is 6.53. The lowest BCUT2D eigenvalue weighted by Gasteiger charge is -2.22. The van der Waals surface area contributed by atoms with E-state index < -0.39 is 11.7 Å². The van der Waals surface area contributed by atoms with Crippen molar-refractivity contribution in [1.29, 1.82) is 0 Å². The molecule has 0 aromatic rings. The highest BCUT2D eigenvalue weighted by Crippen LogP contribution is 2.29. The van der Waals surface area contributed by atoms with Crippen LogP contribution in [0.3, 0.4) is 0 Å². The maximum atomic E-state index is 9.58. The van der Waals surface area contributed by atoms with E-state index in [-0.39, 0.29) is 19.3 Å². The van der Waals surface area contributed by atoms with Crippen molar-refractivity contribution in [2.45, 2.75) is 31.2 Å². The third-order valence-electron chi connectivity index (χ3n) is 2.21.